The number of methoxy groups -OCH3 is 3. The molecule has 0 amide bonds. The molecule has 1 aromatic carbocycles. The quantitative estimate of drug-likeness (QED) is 0.808. The van der Waals surface area contributed by atoms with Crippen LogP contribution in [-0.2, 0) is 0 Å². The molecule has 1 heterocycles. The zero-order chi connectivity index (χ0) is 15.1. The van der Waals surface area contributed by atoms with Crippen LogP contribution in [0.15, 0.2) is 27.4 Å². The van der Waals surface area contributed by atoms with Gasteiger partial charge in [0.1, 0.15) is 0 Å². The average Bonchev–Trinajstić information content (AvgIpc) is 2.45. The lowest BCUT2D eigenvalue weighted by Crippen LogP contribution is -1.99. The molecule has 0 aliphatic carbocycles. The van der Waals surface area contributed by atoms with Gasteiger partial charge in [0.2, 0.25) is 11.5 Å². The van der Waals surface area contributed by atoms with Crippen LogP contribution in [-0.4, -0.2) is 21.3 Å². The number of ether oxygens (including phenoxy) is 3. The molecule has 20 heavy (non-hydrogen) atoms. The third-order valence-corrected chi connectivity index (χ3v) is 2.41. The van der Waals surface area contributed by atoms with Crippen LogP contribution in [0.5, 0.6) is 17.2 Å². The fraction of sp³-hybridized carbons (Fsp3) is 0.400. The highest BCUT2D eigenvalue weighted by molar-refractivity contribution is 5.88. The minimum atomic E-state index is -0.442. The van der Waals surface area contributed by atoms with Crippen molar-refractivity contribution in [2.75, 3.05) is 21.3 Å². The zero-order valence-corrected chi connectivity index (χ0v) is 12.5. The van der Waals surface area contributed by atoms with E-state index in [1.807, 2.05) is 0 Å². The minimum Gasteiger partial charge on any atom is -0.493 e. The summed E-state index contributed by atoms with van der Waals surface area (Å²) >= 11 is 0. The lowest BCUT2D eigenvalue weighted by molar-refractivity contribution is 0.323. The van der Waals surface area contributed by atoms with Gasteiger partial charge < -0.3 is 18.6 Å². The first-order chi connectivity index (χ1) is 9.62. The van der Waals surface area contributed by atoms with Gasteiger partial charge >= 0.3 is 5.63 Å². The highest BCUT2D eigenvalue weighted by Crippen LogP contribution is 2.42. The van der Waals surface area contributed by atoms with E-state index in [1.54, 1.807) is 12.1 Å². The highest BCUT2D eigenvalue weighted by Gasteiger charge is 2.17. The topological polar surface area (TPSA) is 57.9 Å². The Morgan fingerprint density at radius 2 is 1.60 bits per heavy atom. The van der Waals surface area contributed by atoms with Crippen molar-refractivity contribution >= 4 is 11.0 Å². The van der Waals surface area contributed by atoms with Crippen molar-refractivity contribution in [1.29, 1.82) is 0 Å². The normalized spacial score (nSPS) is 9.65. The Balaban J connectivity index is 0.000000612. The first kappa shape index (κ1) is 15.9. The third-order valence-electron chi connectivity index (χ3n) is 2.41. The van der Waals surface area contributed by atoms with Crippen molar-refractivity contribution in [2.45, 2.75) is 20.3 Å². The van der Waals surface area contributed by atoms with E-state index < -0.39 is 5.63 Å². The predicted octanol–water partition coefficient (Wildman–Crippen LogP) is 3.24. The smallest absolute Gasteiger partial charge is 0.336 e. The SMILES string of the molecule is CCC.COc1cc2ccc(=O)oc2c(OC)c1OC. The van der Waals surface area contributed by atoms with Crippen LogP contribution in [0.1, 0.15) is 20.3 Å². The Hall–Kier alpha value is -2.17. The maximum Gasteiger partial charge on any atom is 0.336 e. The number of benzene rings is 1. The van der Waals surface area contributed by atoms with Crippen LogP contribution < -0.4 is 19.8 Å². The van der Waals surface area contributed by atoms with E-state index in [1.165, 1.54) is 33.8 Å². The Morgan fingerprint density at radius 1 is 1.00 bits per heavy atom. The Morgan fingerprint density at radius 3 is 2.10 bits per heavy atom. The van der Waals surface area contributed by atoms with E-state index in [9.17, 15) is 4.79 Å². The lowest BCUT2D eigenvalue weighted by atomic mass is 10.2. The molecule has 0 aliphatic rings. The van der Waals surface area contributed by atoms with Crippen LogP contribution in [0.3, 0.4) is 0 Å². The molecular weight excluding hydrogens is 260 g/mol. The molecule has 0 spiro atoms. The van der Waals surface area contributed by atoms with Crippen LogP contribution in [0.25, 0.3) is 11.0 Å². The second-order valence-electron chi connectivity index (χ2n) is 4.03. The summed E-state index contributed by atoms with van der Waals surface area (Å²) in [6.07, 6.45) is 1.25. The van der Waals surface area contributed by atoms with Gasteiger partial charge in [-0.05, 0) is 12.1 Å². The molecule has 2 aromatic rings. The van der Waals surface area contributed by atoms with E-state index in [0.29, 0.717) is 28.2 Å². The van der Waals surface area contributed by atoms with E-state index in [0.717, 1.165) is 0 Å². The molecule has 0 unspecified atom stereocenters. The number of rotatable bonds is 3. The first-order valence-corrected chi connectivity index (χ1v) is 6.35. The van der Waals surface area contributed by atoms with Gasteiger partial charge in [0.05, 0.1) is 21.3 Å². The molecule has 0 fully saturated rings. The molecule has 0 bridgehead atoms. The predicted molar refractivity (Wildman–Crippen MR) is 78.1 cm³/mol. The number of hydrogen-bond donors (Lipinski definition) is 0. The third kappa shape index (κ3) is 3.23. The number of fused-ring (bicyclic) bond motifs is 1. The zero-order valence-electron chi connectivity index (χ0n) is 12.5. The Labute approximate surface area is 118 Å². The summed E-state index contributed by atoms with van der Waals surface area (Å²) in [5, 5.41) is 0.708. The van der Waals surface area contributed by atoms with Gasteiger partial charge in [-0.3, -0.25) is 0 Å². The minimum absolute atomic E-state index is 0.345. The van der Waals surface area contributed by atoms with Gasteiger partial charge in [-0.15, -0.1) is 0 Å². The van der Waals surface area contributed by atoms with Crippen molar-refractivity contribution in [1.82, 2.24) is 0 Å². The van der Waals surface area contributed by atoms with E-state index in [2.05, 4.69) is 13.8 Å². The Bertz CT molecular complexity index is 615. The Kier molecular flexibility index (Phi) is 5.90. The van der Waals surface area contributed by atoms with Gasteiger partial charge in [-0.1, -0.05) is 20.3 Å². The van der Waals surface area contributed by atoms with Gasteiger partial charge in [-0.25, -0.2) is 4.79 Å². The summed E-state index contributed by atoms with van der Waals surface area (Å²) in [5.41, 5.74) is -0.0966. The van der Waals surface area contributed by atoms with Crippen molar-refractivity contribution < 1.29 is 18.6 Å². The molecule has 2 rings (SSSR count). The molecule has 0 aliphatic heterocycles. The van der Waals surface area contributed by atoms with Crippen molar-refractivity contribution in [3.63, 3.8) is 0 Å². The van der Waals surface area contributed by atoms with E-state index >= 15 is 0 Å². The van der Waals surface area contributed by atoms with E-state index in [-0.39, 0.29) is 0 Å². The summed E-state index contributed by atoms with van der Waals surface area (Å²) in [5.74, 6) is 1.27. The van der Waals surface area contributed by atoms with Crippen molar-refractivity contribution in [3.05, 3.63) is 28.6 Å². The molecule has 0 N–H and O–H groups in total. The second kappa shape index (κ2) is 7.43. The molecule has 0 atom stereocenters. The maximum absolute atomic E-state index is 11.2. The highest BCUT2D eigenvalue weighted by atomic mass is 16.5. The molecule has 110 valence electrons. The molecule has 5 heteroatoms. The second-order valence-corrected chi connectivity index (χ2v) is 4.03. The average molecular weight is 280 g/mol. The summed E-state index contributed by atoms with van der Waals surface area (Å²) in [6, 6.07) is 4.71. The largest absolute Gasteiger partial charge is 0.493 e. The summed E-state index contributed by atoms with van der Waals surface area (Å²) in [6.45, 7) is 4.25. The summed E-state index contributed by atoms with van der Waals surface area (Å²) < 4.78 is 20.7. The standard InChI is InChI=1S/C12H12O5.C3H8/c1-14-8-6-7-4-5-9(13)17-10(7)12(16-3)11(8)15-2;1-3-2/h4-6H,1-3H3;3H2,1-2H3. The summed E-state index contributed by atoms with van der Waals surface area (Å²) in [4.78, 5) is 11.2. The van der Waals surface area contributed by atoms with Crippen LogP contribution in [0.4, 0.5) is 0 Å². The van der Waals surface area contributed by atoms with Crippen LogP contribution in [0, 0.1) is 0 Å². The monoisotopic (exact) mass is 280 g/mol. The molecule has 5 nitrogen and oxygen atoms in total. The first-order valence-electron chi connectivity index (χ1n) is 6.35. The van der Waals surface area contributed by atoms with E-state index in [4.69, 9.17) is 18.6 Å². The van der Waals surface area contributed by atoms with Crippen LogP contribution in [0.2, 0.25) is 0 Å². The van der Waals surface area contributed by atoms with Gasteiger partial charge in [-0.2, -0.15) is 0 Å². The van der Waals surface area contributed by atoms with Crippen molar-refractivity contribution in [3.8, 4) is 17.2 Å². The fourth-order valence-corrected chi connectivity index (χ4v) is 1.67. The molecule has 1 aromatic heterocycles. The molecular formula is C15H20O5. The van der Waals surface area contributed by atoms with Gasteiger partial charge in [0, 0.05) is 11.5 Å². The van der Waals surface area contributed by atoms with Crippen LogP contribution >= 0.6 is 0 Å². The number of hydrogen-bond acceptors (Lipinski definition) is 5. The van der Waals surface area contributed by atoms with Gasteiger partial charge in [0.15, 0.2) is 11.3 Å². The maximum atomic E-state index is 11.2. The lowest BCUT2D eigenvalue weighted by Gasteiger charge is -2.13. The fourth-order valence-electron chi connectivity index (χ4n) is 1.67. The molecule has 0 saturated carbocycles. The molecule has 0 radical (unpaired) electrons. The molecule has 0 saturated heterocycles. The van der Waals surface area contributed by atoms with Gasteiger partial charge in [0.25, 0.3) is 0 Å². The van der Waals surface area contributed by atoms with Crippen molar-refractivity contribution in [2.24, 2.45) is 0 Å². The summed E-state index contributed by atoms with van der Waals surface area (Å²) in [7, 11) is 4.50.